The van der Waals surface area contributed by atoms with Crippen LogP contribution in [-0.2, 0) is 9.53 Å². The van der Waals surface area contributed by atoms with Crippen molar-refractivity contribution in [2.75, 3.05) is 20.2 Å². The number of carbonyl (C=O) groups excluding carboxylic acids is 1. The summed E-state index contributed by atoms with van der Waals surface area (Å²) in [6.45, 7) is 0.649. The van der Waals surface area contributed by atoms with E-state index in [1.54, 1.807) is 11.9 Å². The van der Waals surface area contributed by atoms with Crippen LogP contribution in [0.1, 0.15) is 25.7 Å². The van der Waals surface area contributed by atoms with Gasteiger partial charge in [-0.25, -0.2) is 0 Å². The van der Waals surface area contributed by atoms with Crippen molar-refractivity contribution < 1.29 is 9.53 Å². The van der Waals surface area contributed by atoms with E-state index in [0.717, 1.165) is 12.8 Å². The molecular weight excluding hydrogens is 180 g/mol. The van der Waals surface area contributed by atoms with Crippen molar-refractivity contribution in [1.82, 2.24) is 4.90 Å². The van der Waals surface area contributed by atoms with Crippen molar-refractivity contribution in [2.24, 2.45) is 0 Å². The second kappa shape index (κ2) is 5.61. The number of nitrogens with zero attached hydrogens (tertiary/aromatic N) is 2. The van der Waals surface area contributed by atoms with Crippen molar-refractivity contribution in [2.45, 2.75) is 31.8 Å². The van der Waals surface area contributed by atoms with Crippen LogP contribution in [0, 0.1) is 11.3 Å². The molecular formula is C10H16N2O2. The maximum Gasteiger partial charge on any atom is 0.248 e. The highest BCUT2D eigenvalue weighted by molar-refractivity contribution is 5.77. The third-order valence-corrected chi connectivity index (χ3v) is 2.48. The average Bonchev–Trinajstić information content (AvgIpc) is 2.11. The highest BCUT2D eigenvalue weighted by atomic mass is 16.5. The van der Waals surface area contributed by atoms with Crippen LogP contribution in [-0.4, -0.2) is 37.1 Å². The van der Waals surface area contributed by atoms with Gasteiger partial charge in [0.25, 0.3) is 0 Å². The molecule has 0 unspecified atom stereocenters. The van der Waals surface area contributed by atoms with Gasteiger partial charge in [0.1, 0.15) is 6.61 Å². The van der Waals surface area contributed by atoms with Gasteiger partial charge in [0.2, 0.25) is 5.91 Å². The molecule has 0 saturated heterocycles. The number of hydrogen-bond acceptors (Lipinski definition) is 3. The fraction of sp³-hybridized carbons (Fsp3) is 0.800. The minimum absolute atomic E-state index is 0.0350. The zero-order valence-electron chi connectivity index (χ0n) is 8.53. The molecule has 1 fully saturated rings. The van der Waals surface area contributed by atoms with Crippen molar-refractivity contribution in [3.05, 3.63) is 0 Å². The number of rotatable bonds is 5. The van der Waals surface area contributed by atoms with Crippen LogP contribution in [0.5, 0.6) is 0 Å². The first-order chi connectivity index (χ1) is 6.74. The largest absolute Gasteiger partial charge is 0.368 e. The zero-order chi connectivity index (χ0) is 10.4. The van der Waals surface area contributed by atoms with Gasteiger partial charge in [0.15, 0.2) is 0 Å². The highest BCUT2D eigenvalue weighted by Crippen LogP contribution is 2.21. The Labute approximate surface area is 84.4 Å². The predicted molar refractivity (Wildman–Crippen MR) is 51.5 cm³/mol. The van der Waals surface area contributed by atoms with Crippen molar-refractivity contribution in [3.8, 4) is 6.07 Å². The van der Waals surface area contributed by atoms with Gasteiger partial charge in [-0.2, -0.15) is 5.26 Å². The molecule has 0 aromatic rings. The van der Waals surface area contributed by atoms with E-state index >= 15 is 0 Å². The summed E-state index contributed by atoms with van der Waals surface area (Å²) in [5.41, 5.74) is 0. The maximum absolute atomic E-state index is 11.4. The molecule has 0 heterocycles. The molecule has 1 saturated carbocycles. The smallest absolute Gasteiger partial charge is 0.248 e. The lowest BCUT2D eigenvalue weighted by molar-refractivity contribution is -0.138. The molecule has 0 aromatic heterocycles. The summed E-state index contributed by atoms with van der Waals surface area (Å²) in [7, 11) is 1.70. The molecule has 1 aliphatic rings. The Morgan fingerprint density at radius 3 is 2.86 bits per heavy atom. The van der Waals surface area contributed by atoms with Crippen LogP contribution in [0.15, 0.2) is 0 Å². The van der Waals surface area contributed by atoms with Gasteiger partial charge in [-0.05, 0) is 19.3 Å². The van der Waals surface area contributed by atoms with Gasteiger partial charge >= 0.3 is 0 Å². The van der Waals surface area contributed by atoms with E-state index < -0.39 is 0 Å². The average molecular weight is 196 g/mol. The molecule has 14 heavy (non-hydrogen) atoms. The first-order valence-corrected chi connectivity index (χ1v) is 4.96. The van der Waals surface area contributed by atoms with Crippen LogP contribution in [0.2, 0.25) is 0 Å². The van der Waals surface area contributed by atoms with E-state index in [1.807, 2.05) is 6.07 Å². The Balaban J connectivity index is 2.10. The number of ether oxygens (including phenoxy) is 1. The summed E-state index contributed by atoms with van der Waals surface area (Å²) in [5.74, 6) is -0.0350. The monoisotopic (exact) mass is 196 g/mol. The lowest BCUT2D eigenvalue weighted by atomic mass is 9.96. The van der Waals surface area contributed by atoms with Gasteiger partial charge in [-0.3, -0.25) is 4.79 Å². The molecule has 78 valence electrons. The second-order valence-corrected chi connectivity index (χ2v) is 3.59. The number of hydrogen-bond donors (Lipinski definition) is 0. The van der Waals surface area contributed by atoms with Crippen molar-refractivity contribution in [1.29, 1.82) is 5.26 Å². The van der Waals surface area contributed by atoms with Crippen molar-refractivity contribution in [3.63, 3.8) is 0 Å². The Bertz CT molecular complexity index is 231. The SMILES string of the molecule is CN(CCC#N)C(=O)COC1CCC1. The van der Waals surface area contributed by atoms with E-state index in [1.165, 1.54) is 6.42 Å². The number of nitriles is 1. The summed E-state index contributed by atoms with van der Waals surface area (Å²) in [6.07, 6.45) is 4.04. The number of carbonyl (C=O) groups is 1. The lowest BCUT2D eigenvalue weighted by Crippen LogP contribution is -2.34. The molecule has 4 nitrogen and oxygen atoms in total. The van der Waals surface area contributed by atoms with Crippen LogP contribution in [0.25, 0.3) is 0 Å². The van der Waals surface area contributed by atoms with Crippen LogP contribution >= 0.6 is 0 Å². The zero-order valence-corrected chi connectivity index (χ0v) is 8.53. The molecule has 0 aromatic carbocycles. The standard InChI is InChI=1S/C10H16N2O2/c1-12(7-3-6-11)10(13)8-14-9-4-2-5-9/h9H,2-5,7-8H2,1H3. The lowest BCUT2D eigenvalue weighted by Gasteiger charge is -2.26. The molecule has 1 amide bonds. The Hall–Kier alpha value is -1.08. The summed E-state index contributed by atoms with van der Waals surface area (Å²) in [5, 5.41) is 8.34. The number of likely N-dealkylation sites (N-methyl/N-ethyl adjacent to an activating group) is 1. The highest BCUT2D eigenvalue weighted by Gasteiger charge is 2.19. The summed E-state index contributed by atoms with van der Waals surface area (Å²) < 4.78 is 5.37. The molecule has 0 radical (unpaired) electrons. The summed E-state index contributed by atoms with van der Waals surface area (Å²) >= 11 is 0. The topological polar surface area (TPSA) is 53.3 Å². The van der Waals surface area contributed by atoms with Crippen LogP contribution < -0.4 is 0 Å². The first kappa shape index (κ1) is 11.0. The predicted octanol–water partition coefficient (Wildman–Crippen LogP) is 0.928. The van der Waals surface area contributed by atoms with Crippen LogP contribution in [0.3, 0.4) is 0 Å². The van der Waals surface area contributed by atoms with Gasteiger partial charge in [0.05, 0.1) is 18.6 Å². The molecule has 0 N–H and O–H groups in total. The fourth-order valence-electron chi connectivity index (χ4n) is 1.18. The maximum atomic E-state index is 11.4. The number of amides is 1. The molecule has 0 bridgehead atoms. The van der Waals surface area contributed by atoms with E-state index in [4.69, 9.17) is 10.00 Å². The van der Waals surface area contributed by atoms with Gasteiger partial charge in [-0.15, -0.1) is 0 Å². The van der Waals surface area contributed by atoms with E-state index in [-0.39, 0.29) is 12.5 Å². The van der Waals surface area contributed by atoms with Crippen molar-refractivity contribution >= 4 is 5.91 Å². The van der Waals surface area contributed by atoms with E-state index in [9.17, 15) is 4.79 Å². The third-order valence-electron chi connectivity index (χ3n) is 2.48. The first-order valence-electron chi connectivity index (χ1n) is 4.96. The normalized spacial score (nSPS) is 15.7. The molecule has 0 aliphatic heterocycles. The molecule has 1 rings (SSSR count). The van der Waals surface area contributed by atoms with E-state index in [0.29, 0.717) is 19.1 Å². The molecule has 0 spiro atoms. The summed E-state index contributed by atoms with van der Waals surface area (Å²) in [6, 6.07) is 2.01. The minimum Gasteiger partial charge on any atom is -0.368 e. The quantitative estimate of drug-likeness (QED) is 0.657. The Morgan fingerprint density at radius 1 is 1.64 bits per heavy atom. The van der Waals surface area contributed by atoms with Crippen LogP contribution in [0.4, 0.5) is 0 Å². The minimum atomic E-state index is -0.0350. The van der Waals surface area contributed by atoms with Gasteiger partial charge < -0.3 is 9.64 Å². The van der Waals surface area contributed by atoms with Gasteiger partial charge in [0, 0.05) is 13.6 Å². The molecule has 4 heteroatoms. The Kier molecular flexibility index (Phi) is 4.41. The van der Waals surface area contributed by atoms with Gasteiger partial charge in [-0.1, -0.05) is 0 Å². The second-order valence-electron chi connectivity index (χ2n) is 3.59. The molecule has 1 aliphatic carbocycles. The Morgan fingerprint density at radius 2 is 2.36 bits per heavy atom. The van der Waals surface area contributed by atoms with E-state index in [2.05, 4.69) is 0 Å². The third kappa shape index (κ3) is 3.35. The summed E-state index contributed by atoms with van der Waals surface area (Å²) in [4.78, 5) is 12.9. The molecule has 0 atom stereocenters. The fourth-order valence-corrected chi connectivity index (χ4v) is 1.18.